The van der Waals surface area contributed by atoms with Crippen LogP contribution in [0.4, 0.5) is 25.8 Å². The van der Waals surface area contributed by atoms with Gasteiger partial charge in [0.25, 0.3) is 17.7 Å². The number of fused-ring (bicyclic) bond motifs is 4. The van der Waals surface area contributed by atoms with Crippen LogP contribution in [0.25, 0.3) is 21.9 Å². The first kappa shape index (κ1) is 72.5. The standard InChI is InChI=1S/C36H55N9O10.C28H28ClN3O6/c1-6-44(5)36(53)55-23-25-9-11-26(12-10-25)40-33(50)27(8-7-16-39-35(37)52)41-34(51)32(24(2)3)42-29(47)22-43(4)18-15-28(46)38-17-20-54-21-19-45-30(48)13-14-31(45)49;1-6-31(4)28(35)38-20-11-18-23(24-22(27(34)36-5)15(3)30-25(20)24)17(12-29)13-32(18)26(33)21-10-16-9-14(2)7-8-19(16)37-21/h9-14,24,27,32H,6-8,15-23H2,1-5H3,(H,38,46)(H,40,50)(H,41,51)(H,42,47)(H3,37,39,52);7-11,17,30H,6,12-13H2,1-5H3/t27?,32-;/m0./s1. The molecule has 3 aromatic carbocycles. The lowest BCUT2D eigenvalue weighted by Crippen LogP contribution is -2.55. The number of alkyl halides is 1. The van der Waals surface area contributed by atoms with Crippen LogP contribution in [0.1, 0.15) is 96.2 Å². The molecule has 0 aliphatic carbocycles. The molecule has 0 radical (unpaired) electrons. The number of aryl methyl sites for hydroxylation is 2. The summed E-state index contributed by atoms with van der Waals surface area (Å²) in [5.74, 6) is -3.60. The number of aromatic amines is 1. The number of nitrogens with two attached hydrogens (primary N) is 1. The van der Waals surface area contributed by atoms with Crippen molar-refractivity contribution in [1.29, 1.82) is 0 Å². The molecule has 0 fully saturated rings. The van der Waals surface area contributed by atoms with Crippen LogP contribution < -0.4 is 42.0 Å². The number of nitrogens with one attached hydrogen (secondary N) is 6. The Kier molecular flexibility index (Phi) is 26.7. The number of hydrogen-bond donors (Lipinski definition) is 7. The van der Waals surface area contributed by atoms with Gasteiger partial charge in [0.15, 0.2) is 11.5 Å². The number of carbonyl (C=O) groups excluding carboxylic acids is 11. The first-order valence-corrected chi connectivity index (χ1v) is 30.9. The van der Waals surface area contributed by atoms with Gasteiger partial charge in [-0.2, -0.15) is 0 Å². The Hall–Kier alpha value is -9.54. The van der Waals surface area contributed by atoms with Gasteiger partial charge >= 0.3 is 24.2 Å². The van der Waals surface area contributed by atoms with Crippen LogP contribution in [0.2, 0.25) is 0 Å². The summed E-state index contributed by atoms with van der Waals surface area (Å²) >= 11 is 6.41. The summed E-state index contributed by atoms with van der Waals surface area (Å²) in [6.07, 6.45) is 1.90. The van der Waals surface area contributed by atoms with Gasteiger partial charge in [0.05, 0.1) is 50.2 Å². The quantitative estimate of drug-likeness (QED) is 0.0136. The number of ether oxygens (including phenoxy) is 4. The molecular formula is C64H83ClN12O16. The highest BCUT2D eigenvalue weighted by Gasteiger charge is 2.39. The summed E-state index contributed by atoms with van der Waals surface area (Å²) in [5.41, 5.74) is 10.5. The van der Waals surface area contributed by atoms with Crippen molar-refractivity contribution < 1.29 is 76.1 Å². The van der Waals surface area contributed by atoms with E-state index in [1.807, 2.05) is 39.0 Å². The highest BCUT2D eigenvalue weighted by atomic mass is 35.5. The topological polar surface area (TPSA) is 356 Å². The molecule has 3 atom stereocenters. The number of imide groups is 1. The lowest BCUT2D eigenvalue weighted by molar-refractivity contribution is -0.137. The molecule has 7 rings (SSSR count). The fourth-order valence-electron chi connectivity index (χ4n) is 9.96. The number of likely N-dealkylation sites (N-methyl/N-ethyl adjacent to an activating group) is 1. The number of carbonyl (C=O) groups is 11. The van der Waals surface area contributed by atoms with Gasteiger partial charge < -0.3 is 75.4 Å². The van der Waals surface area contributed by atoms with Gasteiger partial charge in [0, 0.05) is 112 Å². The Balaban J connectivity index is 0.000000313. The third-order valence-electron chi connectivity index (χ3n) is 15.3. The SMILES string of the molecule is CCN(C)C(=O)OCc1ccc(NC(=O)C(CCCNC(N)=O)NC(=O)[C@@H](NC(=O)CN(C)CCC(=O)NCCOCCN2C(=O)C=CC2=O)C(C)C)cc1.CCN(C)C(=O)Oc1cc2c(c3c(C(=O)OC)c(C)[nH]c13)C(CCl)CN2C(=O)c1cc2cc(C)ccc2o1. The number of hydrogen-bond acceptors (Lipinski definition) is 17. The summed E-state index contributed by atoms with van der Waals surface area (Å²) in [5, 5.41) is 14.7. The zero-order chi connectivity index (χ0) is 68.2. The van der Waals surface area contributed by atoms with Gasteiger partial charge in [-0.15, -0.1) is 11.6 Å². The minimum absolute atomic E-state index is 0.0440. The molecule has 0 spiro atoms. The average molecular weight is 1310 g/mol. The number of halogens is 1. The number of H-pyrrole nitrogens is 1. The first-order valence-electron chi connectivity index (χ1n) is 30.3. The predicted octanol–water partition coefficient (Wildman–Crippen LogP) is 5.42. The molecule has 93 heavy (non-hydrogen) atoms. The highest BCUT2D eigenvalue weighted by Crippen LogP contribution is 2.48. The molecule has 2 aliphatic heterocycles. The zero-order valence-electron chi connectivity index (χ0n) is 54.0. The number of primary amides is 1. The maximum Gasteiger partial charge on any atom is 0.415 e. The number of rotatable bonds is 29. The number of nitrogens with zero attached hydrogens (tertiary/aromatic N) is 5. The Morgan fingerprint density at radius 2 is 1.53 bits per heavy atom. The fraction of sp³-hybridized carbons (Fsp3) is 0.453. The second-order valence-corrected chi connectivity index (χ2v) is 22.9. The number of esters is 1. The number of benzene rings is 3. The third kappa shape index (κ3) is 19.7. The Morgan fingerprint density at radius 1 is 0.839 bits per heavy atom. The van der Waals surface area contributed by atoms with E-state index in [0.29, 0.717) is 69.8 Å². The van der Waals surface area contributed by atoms with Crippen molar-refractivity contribution in [3.63, 3.8) is 0 Å². The molecule has 29 heteroatoms. The van der Waals surface area contributed by atoms with Crippen LogP contribution in [-0.2, 0) is 49.6 Å². The Bertz CT molecular complexity index is 3570. The molecule has 5 aromatic rings. The van der Waals surface area contributed by atoms with Gasteiger partial charge in [-0.25, -0.2) is 19.2 Å². The van der Waals surface area contributed by atoms with Gasteiger partial charge in [-0.3, -0.25) is 43.4 Å². The van der Waals surface area contributed by atoms with Crippen molar-refractivity contribution >= 4 is 110 Å². The van der Waals surface area contributed by atoms with Crippen molar-refractivity contribution in [2.24, 2.45) is 11.7 Å². The minimum Gasteiger partial charge on any atom is -0.465 e. The van der Waals surface area contributed by atoms with Crippen LogP contribution in [-0.4, -0.2) is 202 Å². The molecule has 502 valence electrons. The van der Waals surface area contributed by atoms with Gasteiger partial charge in [-0.1, -0.05) is 37.6 Å². The number of urea groups is 1. The van der Waals surface area contributed by atoms with E-state index in [-0.39, 0.29) is 113 Å². The number of anilines is 2. The van der Waals surface area contributed by atoms with Gasteiger partial charge in [0.2, 0.25) is 23.6 Å². The molecule has 28 nitrogen and oxygen atoms in total. The van der Waals surface area contributed by atoms with Crippen LogP contribution in [0, 0.1) is 19.8 Å². The molecule has 4 heterocycles. The van der Waals surface area contributed by atoms with Gasteiger partial charge in [0.1, 0.15) is 24.3 Å². The van der Waals surface area contributed by atoms with E-state index in [9.17, 15) is 52.7 Å². The largest absolute Gasteiger partial charge is 0.465 e. The van der Waals surface area contributed by atoms with Crippen LogP contribution >= 0.6 is 11.6 Å². The van der Waals surface area contributed by atoms with E-state index in [0.717, 1.165) is 15.8 Å². The second kappa shape index (κ2) is 34.2. The van der Waals surface area contributed by atoms with Gasteiger partial charge in [-0.05, 0) is 95.0 Å². The molecule has 2 aromatic heterocycles. The normalized spacial score (nSPS) is 13.9. The van der Waals surface area contributed by atoms with E-state index < -0.39 is 65.8 Å². The van der Waals surface area contributed by atoms with Crippen molar-refractivity contribution in [3.05, 3.63) is 100 Å². The fourth-order valence-corrected chi connectivity index (χ4v) is 10.2. The maximum absolute atomic E-state index is 13.8. The molecule has 2 aliphatic rings. The van der Waals surface area contributed by atoms with Crippen LogP contribution in [0.15, 0.2) is 71.2 Å². The summed E-state index contributed by atoms with van der Waals surface area (Å²) in [6, 6.07) is 13.0. The molecular weight excluding hydrogens is 1230 g/mol. The van der Waals surface area contributed by atoms with Crippen LogP contribution in [0.5, 0.6) is 5.75 Å². The van der Waals surface area contributed by atoms with Crippen molar-refractivity contribution in [1.82, 2.24) is 45.9 Å². The smallest absolute Gasteiger partial charge is 0.415 e. The third-order valence-corrected chi connectivity index (χ3v) is 15.7. The molecule has 0 bridgehead atoms. The number of methoxy groups -OCH3 is 1. The highest BCUT2D eigenvalue weighted by molar-refractivity contribution is 6.20. The van der Waals surface area contributed by atoms with E-state index >= 15 is 0 Å². The molecule has 0 saturated heterocycles. The average Bonchev–Trinajstić information content (AvgIpc) is 1.58. The summed E-state index contributed by atoms with van der Waals surface area (Å²) in [7, 11) is 6.20. The summed E-state index contributed by atoms with van der Waals surface area (Å²) in [6.45, 7) is 13.1. The minimum atomic E-state index is -1.03. The van der Waals surface area contributed by atoms with Crippen molar-refractivity contribution in [2.45, 2.75) is 85.4 Å². The van der Waals surface area contributed by atoms with E-state index in [2.05, 4.69) is 31.6 Å². The summed E-state index contributed by atoms with van der Waals surface area (Å²) in [4.78, 5) is 148. The molecule has 8 N–H and O–H groups in total. The number of furan rings is 1. The lowest BCUT2D eigenvalue weighted by Gasteiger charge is -2.26. The monoisotopic (exact) mass is 1310 g/mol. The summed E-state index contributed by atoms with van der Waals surface area (Å²) < 4.78 is 27.4. The number of amides is 11. The second-order valence-electron chi connectivity index (χ2n) is 22.6. The predicted molar refractivity (Wildman–Crippen MR) is 346 cm³/mol. The molecule has 2 unspecified atom stereocenters. The van der Waals surface area contributed by atoms with E-state index in [4.69, 9.17) is 40.7 Å². The lowest BCUT2D eigenvalue weighted by atomic mass is 9.95. The maximum atomic E-state index is 13.8. The molecule has 0 saturated carbocycles. The Morgan fingerprint density at radius 3 is 2.17 bits per heavy atom. The van der Waals surface area contributed by atoms with E-state index in [1.165, 1.54) is 29.1 Å². The Labute approximate surface area is 543 Å². The van der Waals surface area contributed by atoms with E-state index in [1.54, 1.807) is 88.1 Å². The van der Waals surface area contributed by atoms with Crippen molar-refractivity contribution in [3.8, 4) is 5.75 Å². The van der Waals surface area contributed by atoms with Crippen molar-refractivity contribution in [2.75, 3.05) is 110 Å². The number of aromatic nitrogens is 1. The van der Waals surface area contributed by atoms with Crippen LogP contribution in [0.3, 0.4) is 0 Å². The molecule has 11 amide bonds. The first-order chi connectivity index (χ1) is 44.3. The zero-order valence-corrected chi connectivity index (χ0v) is 54.7.